The Morgan fingerprint density at radius 2 is 1.91 bits per heavy atom. The van der Waals surface area contributed by atoms with E-state index in [4.69, 9.17) is 9.57 Å². The highest BCUT2D eigenvalue weighted by atomic mass is 16.8. The third-order valence-corrected chi connectivity index (χ3v) is 3.45. The molecular formula is C16H11N3O3. The van der Waals surface area contributed by atoms with E-state index in [9.17, 15) is 4.79 Å². The van der Waals surface area contributed by atoms with Crippen molar-refractivity contribution in [2.45, 2.75) is 0 Å². The maximum absolute atomic E-state index is 12.8. The second kappa shape index (κ2) is 5.00. The van der Waals surface area contributed by atoms with Crippen molar-refractivity contribution < 1.29 is 14.4 Å². The van der Waals surface area contributed by atoms with E-state index in [0.717, 1.165) is 10.9 Å². The number of para-hydroxylation sites is 1. The van der Waals surface area contributed by atoms with Crippen molar-refractivity contribution in [2.24, 2.45) is 5.16 Å². The maximum atomic E-state index is 12.8. The van der Waals surface area contributed by atoms with Crippen LogP contribution in [0.3, 0.4) is 0 Å². The standard InChI is InChI=1S/C16H11N3O3/c20-16(19-14-8-4-1-5-11(14)9-17-19)13-7-3-2-6-12(13)15-18-22-10-21-15/h1-9H,10H2. The van der Waals surface area contributed by atoms with E-state index in [2.05, 4.69) is 10.3 Å². The molecule has 0 unspecified atom stereocenters. The van der Waals surface area contributed by atoms with Crippen LogP contribution in [-0.2, 0) is 9.57 Å². The third-order valence-electron chi connectivity index (χ3n) is 3.45. The van der Waals surface area contributed by atoms with Crippen LogP contribution in [0.4, 0.5) is 0 Å². The molecule has 0 aliphatic carbocycles. The van der Waals surface area contributed by atoms with Gasteiger partial charge in [-0.3, -0.25) is 4.79 Å². The van der Waals surface area contributed by atoms with Crippen molar-refractivity contribution in [1.29, 1.82) is 0 Å². The molecule has 6 heteroatoms. The van der Waals surface area contributed by atoms with Crippen LogP contribution in [-0.4, -0.2) is 28.4 Å². The first-order valence-corrected chi connectivity index (χ1v) is 6.74. The molecule has 1 aliphatic rings. The van der Waals surface area contributed by atoms with Gasteiger partial charge in [-0.2, -0.15) is 9.78 Å². The molecule has 6 nitrogen and oxygen atoms in total. The summed E-state index contributed by atoms with van der Waals surface area (Å²) in [6, 6.07) is 14.6. The number of hydrogen-bond donors (Lipinski definition) is 0. The first kappa shape index (κ1) is 12.6. The quantitative estimate of drug-likeness (QED) is 0.727. The van der Waals surface area contributed by atoms with Gasteiger partial charge in [0.25, 0.3) is 18.6 Å². The Kier molecular flexibility index (Phi) is 2.86. The van der Waals surface area contributed by atoms with E-state index in [-0.39, 0.29) is 12.7 Å². The molecule has 0 amide bonds. The van der Waals surface area contributed by atoms with Gasteiger partial charge >= 0.3 is 0 Å². The van der Waals surface area contributed by atoms with Gasteiger partial charge in [-0.15, -0.1) is 0 Å². The molecule has 22 heavy (non-hydrogen) atoms. The maximum Gasteiger partial charge on any atom is 0.279 e. The van der Waals surface area contributed by atoms with Gasteiger partial charge in [-0.05, 0) is 23.4 Å². The molecule has 0 bridgehead atoms. The molecule has 2 aromatic carbocycles. The molecule has 0 radical (unpaired) electrons. The fourth-order valence-corrected chi connectivity index (χ4v) is 2.42. The average molecular weight is 293 g/mol. The minimum absolute atomic E-state index is 0.0581. The highest BCUT2D eigenvalue weighted by Gasteiger charge is 2.22. The molecule has 0 spiro atoms. The van der Waals surface area contributed by atoms with Gasteiger partial charge in [0.15, 0.2) is 0 Å². The summed E-state index contributed by atoms with van der Waals surface area (Å²) < 4.78 is 6.66. The number of ether oxygens (including phenoxy) is 1. The lowest BCUT2D eigenvalue weighted by Gasteiger charge is -2.07. The lowest BCUT2D eigenvalue weighted by molar-refractivity contribution is 0.0582. The molecule has 0 atom stereocenters. The Hall–Kier alpha value is -3.15. The van der Waals surface area contributed by atoms with Crippen LogP contribution in [0.5, 0.6) is 0 Å². The number of aromatic nitrogens is 2. The Labute approximate surface area is 125 Å². The zero-order valence-electron chi connectivity index (χ0n) is 11.5. The largest absolute Gasteiger partial charge is 0.435 e. The van der Waals surface area contributed by atoms with Crippen molar-refractivity contribution >= 4 is 22.7 Å². The Morgan fingerprint density at radius 3 is 2.77 bits per heavy atom. The summed E-state index contributed by atoms with van der Waals surface area (Å²) in [6.07, 6.45) is 1.67. The summed E-state index contributed by atoms with van der Waals surface area (Å²) in [7, 11) is 0. The molecule has 1 aromatic heterocycles. The van der Waals surface area contributed by atoms with Gasteiger partial charge in [-0.1, -0.05) is 30.3 Å². The van der Waals surface area contributed by atoms with Gasteiger partial charge in [0.2, 0.25) is 0 Å². The van der Waals surface area contributed by atoms with E-state index in [1.807, 2.05) is 30.3 Å². The number of fused-ring (bicyclic) bond motifs is 1. The highest BCUT2D eigenvalue weighted by Crippen LogP contribution is 2.19. The molecule has 3 aromatic rings. The number of carbonyl (C=O) groups excluding carboxylic acids is 1. The van der Waals surface area contributed by atoms with Crippen molar-refractivity contribution in [1.82, 2.24) is 9.78 Å². The average Bonchev–Trinajstić information content (AvgIpc) is 3.24. The second-order valence-electron chi connectivity index (χ2n) is 4.75. The van der Waals surface area contributed by atoms with Crippen molar-refractivity contribution in [3.05, 3.63) is 65.9 Å². The predicted molar refractivity (Wildman–Crippen MR) is 79.5 cm³/mol. The molecule has 2 heterocycles. The first-order chi connectivity index (χ1) is 10.8. The van der Waals surface area contributed by atoms with Gasteiger partial charge < -0.3 is 9.57 Å². The van der Waals surface area contributed by atoms with Gasteiger partial charge in [0, 0.05) is 5.39 Å². The van der Waals surface area contributed by atoms with E-state index < -0.39 is 0 Å². The Bertz CT molecular complexity index is 898. The summed E-state index contributed by atoms with van der Waals surface area (Å²) in [4.78, 5) is 17.7. The van der Waals surface area contributed by atoms with Crippen LogP contribution in [0.2, 0.25) is 0 Å². The fraction of sp³-hybridized carbons (Fsp3) is 0.0625. The molecule has 0 N–H and O–H groups in total. The van der Waals surface area contributed by atoms with Crippen LogP contribution in [0.15, 0.2) is 59.9 Å². The molecule has 4 rings (SSSR count). The molecule has 0 fully saturated rings. The van der Waals surface area contributed by atoms with Crippen molar-refractivity contribution in [3.63, 3.8) is 0 Å². The topological polar surface area (TPSA) is 65.7 Å². The zero-order chi connectivity index (χ0) is 14.9. The van der Waals surface area contributed by atoms with Gasteiger partial charge in [0.05, 0.1) is 22.8 Å². The monoisotopic (exact) mass is 293 g/mol. The van der Waals surface area contributed by atoms with E-state index >= 15 is 0 Å². The smallest absolute Gasteiger partial charge is 0.279 e. The first-order valence-electron chi connectivity index (χ1n) is 6.74. The van der Waals surface area contributed by atoms with Crippen LogP contribution in [0.25, 0.3) is 10.9 Å². The summed E-state index contributed by atoms with van der Waals surface area (Å²) in [5.74, 6) is 0.0652. The third kappa shape index (κ3) is 1.93. The predicted octanol–water partition coefficient (Wildman–Crippen LogP) is 2.39. The van der Waals surface area contributed by atoms with E-state index in [1.54, 1.807) is 24.4 Å². The van der Waals surface area contributed by atoms with E-state index in [1.165, 1.54) is 4.68 Å². The van der Waals surface area contributed by atoms with Gasteiger partial charge in [0.1, 0.15) is 0 Å². The van der Waals surface area contributed by atoms with Gasteiger partial charge in [-0.25, -0.2) is 0 Å². The highest BCUT2D eigenvalue weighted by molar-refractivity contribution is 6.09. The number of rotatable bonds is 2. The van der Waals surface area contributed by atoms with E-state index in [0.29, 0.717) is 17.0 Å². The summed E-state index contributed by atoms with van der Waals surface area (Å²) >= 11 is 0. The SMILES string of the molecule is O=C(c1ccccc1C1=NOCO1)n1ncc2ccccc21. The van der Waals surface area contributed by atoms with Crippen LogP contribution >= 0.6 is 0 Å². The molecule has 108 valence electrons. The minimum atomic E-state index is -0.241. The lowest BCUT2D eigenvalue weighted by atomic mass is 10.1. The fourth-order valence-electron chi connectivity index (χ4n) is 2.42. The number of oxime groups is 1. The number of benzene rings is 2. The molecule has 0 saturated carbocycles. The zero-order valence-corrected chi connectivity index (χ0v) is 11.5. The second-order valence-corrected chi connectivity index (χ2v) is 4.75. The van der Waals surface area contributed by atoms with Crippen LogP contribution in [0.1, 0.15) is 15.9 Å². The van der Waals surface area contributed by atoms with Crippen LogP contribution < -0.4 is 0 Å². The minimum Gasteiger partial charge on any atom is -0.435 e. The number of nitrogens with zero attached hydrogens (tertiary/aromatic N) is 3. The van der Waals surface area contributed by atoms with Crippen molar-refractivity contribution in [2.75, 3.05) is 6.79 Å². The molecular weight excluding hydrogens is 282 g/mol. The summed E-state index contributed by atoms with van der Waals surface area (Å²) in [6.45, 7) is 0.0581. The van der Waals surface area contributed by atoms with Crippen molar-refractivity contribution in [3.8, 4) is 0 Å². The number of carbonyl (C=O) groups is 1. The number of hydrogen-bond acceptors (Lipinski definition) is 5. The Balaban J connectivity index is 1.84. The normalized spacial score (nSPS) is 13.5. The summed E-state index contributed by atoms with van der Waals surface area (Å²) in [5.41, 5.74) is 1.80. The van der Waals surface area contributed by atoms with Crippen LogP contribution in [0, 0.1) is 0 Å². The molecule has 1 aliphatic heterocycles. The Morgan fingerprint density at radius 1 is 1.09 bits per heavy atom. The summed E-state index contributed by atoms with van der Waals surface area (Å²) in [5, 5.41) is 8.91. The lowest BCUT2D eigenvalue weighted by Crippen LogP contribution is -2.17. The molecule has 0 saturated heterocycles.